The fraction of sp³-hybridized carbons (Fsp3) is 0.0667. The van der Waals surface area contributed by atoms with E-state index in [1.807, 2.05) is 54.8 Å². The molecule has 0 bridgehead atoms. The van der Waals surface area contributed by atoms with Crippen LogP contribution in [-0.2, 0) is 4.79 Å². The van der Waals surface area contributed by atoms with Gasteiger partial charge in [0.25, 0.3) is 5.91 Å². The number of thiophene rings is 1. The van der Waals surface area contributed by atoms with Crippen molar-refractivity contribution < 1.29 is 4.79 Å². The minimum atomic E-state index is -0.122. The first-order valence-electron chi connectivity index (χ1n) is 6.08. The number of aryl methyl sites for hydroxylation is 1. The second-order valence-electron chi connectivity index (χ2n) is 4.36. The summed E-state index contributed by atoms with van der Waals surface area (Å²) >= 11 is 2.79. The number of amidine groups is 1. The van der Waals surface area contributed by atoms with Crippen LogP contribution in [0.15, 0.2) is 46.7 Å². The van der Waals surface area contributed by atoms with Gasteiger partial charge in [-0.25, -0.2) is 0 Å². The van der Waals surface area contributed by atoms with Gasteiger partial charge in [0.1, 0.15) is 0 Å². The van der Waals surface area contributed by atoms with Crippen molar-refractivity contribution in [3.63, 3.8) is 0 Å². The third-order valence-corrected chi connectivity index (χ3v) is 4.70. The molecule has 1 N–H and O–H groups in total. The second kappa shape index (κ2) is 5.26. The van der Waals surface area contributed by atoms with Gasteiger partial charge in [-0.1, -0.05) is 24.3 Å². The van der Waals surface area contributed by atoms with Gasteiger partial charge in [0.2, 0.25) is 0 Å². The van der Waals surface area contributed by atoms with Crippen molar-refractivity contribution in [1.82, 2.24) is 0 Å². The quantitative estimate of drug-likeness (QED) is 0.848. The normalized spacial score (nSPS) is 17.2. The van der Waals surface area contributed by atoms with Crippen molar-refractivity contribution in [2.45, 2.75) is 6.92 Å². The number of para-hydroxylation sites is 1. The van der Waals surface area contributed by atoms with Gasteiger partial charge in [0.15, 0.2) is 5.17 Å². The molecule has 1 fully saturated rings. The van der Waals surface area contributed by atoms with Crippen molar-refractivity contribution in [3.05, 3.63) is 57.1 Å². The van der Waals surface area contributed by atoms with E-state index in [-0.39, 0.29) is 11.1 Å². The van der Waals surface area contributed by atoms with Crippen LogP contribution in [-0.4, -0.2) is 11.1 Å². The first-order valence-corrected chi connectivity index (χ1v) is 7.78. The monoisotopic (exact) mass is 300 g/mol. The van der Waals surface area contributed by atoms with E-state index in [4.69, 9.17) is 5.41 Å². The summed E-state index contributed by atoms with van der Waals surface area (Å²) in [5.74, 6) is -0.122. The Bertz CT molecular complexity index is 704. The molecule has 1 aliphatic heterocycles. The lowest BCUT2D eigenvalue weighted by molar-refractivity contribution is -0.113. The molecule has 0 unspecified atom stereocenters. The molecule has 1 aromatic heterocycles. The number of amides is 1. The third-order valence-electron chi connectivity index (χ3n) is 3.00. The molecule has 1 amide bonds. The lowest BCUT2D eigenvalue weighted by atomic mass is 10.2. The SMILES string of the molecule is Cc1ccccc1N1C(=N)S/C(=C\c2cccs2)C1=O. The van der Waals surface area contributed by atoms with E-state index in [1.165, 1.54) is 16.7 Å². The highest BCUT2D eigenvalue weighted by atomic mass is 32.2. The van der Waals surface area contributed by atoms with E-state index in [2.05, 4.69) is 0 Å². The predicted octanol–water partition coefficient (Wildman–Crippen LogP) is 4.11. The number of carbonyl (C=O) groups excluding carboxylic acids is 1. The highest BCUT2D eigenvalue weighted by Gasteiger charge is 2.34. The molecule has 0 radical (unpaired) electrons. The van der Waals surface area contributed by atoms with E-state index < -0.39 is 0 Å². The molecule has 5 heteroatoms. The largest absolute Gasteiger partial charge is 0.278 e. The summed E-state index contributed by atoms with van der Waals surface area (Å²) in [7, 11) is 0. The maximum Gasteiger partial charge on any atom is 0.271 e. The van der Waals surface area contributed by atoms with Crippen LogP contribution in [0.4, 0.5) is 5.69 Å². The standard InChI is InChI=1S/C15H12N2OS2/c1-10-5-2-3-7-12(10)17-14(18)13(20-15(17)16)9-11-6-4-8-19-11/h2-9,16H,1H3/b13-9-,16-15?. The molecule has 0 aliphatic carbocycles. The molecule has 1 aliphatic rings. The average Bonchev–Trinajstić information content (AvgIpc) is 3.01. The van der Waals surface area contributed by atoms with Gasteiger partial charge < -0.3 is 0 Å². The van der Waals surface area contributed by atoms with Gasteiger partial charge in [0.05, 0.1) is 10.6 Å². The Hall–Kier alpha value is -1.85. The van der Waals surface area contributed by atoms with Crippen LogP contribution in [0.2, 0.25) is 0 Å². The number of hydrogen-bond acceptors (Lipinski definition) is 4. The molecule has 20 heavy (non-hydrogen) atoms. The van der Waals surface area contributed by atoms with Gasteiger partial charge in [-0.05, 0) is 47.8 Å². The zero-order valence-electron chi connectivity index (χ0n) is 10.8. The van der Waals surface area contributed by atoms with E-state index in [1.54, 1.807) is 11.3 Å². The van der Waals surface area contributed by atoms with Crippen LogP contribution in [0.3, 0.4) is 0 Å². The molecule has 0 spiro atoms. The van der Waals surface area contributed by atoms with Gasteiger partial charge in [-0.3, -0.25) is 15.1 Å². The Morgan fingerprint density at radius 2 is 2.00 bits per heavy atom. The van der Waals surface area contributed by atoms with Crippen molar-refractivity contribution >= 4 is 45.9 Å². The van der Waals surface area contributed by atoms with Gasteiger partial charge in [-0.2, -0.15) is 0 Å². The molecule has 1 aromatic carbocycles. The minimum absolute atomic E-state index is 0.122. The zero-order valence-corrected chi connectivity index (χ0v) is 12.4. The number of nitrogens with zero attached hydrogens (tertiary/aromatic N) is 1. The lowest BCUT2D eigenvalue weighted by Gasteiger charge is -2.16. The first kappa shape index (κ1) is 13.1. The Labute approximate surface area is 125 Å². The summed E-state index contributed by atoms with van der Waals surface area (Å²) in [6, 6.07) is 11.5. The Morgan fingerprint density at radius 1 is 1.20 bits per heavy atom. The predicted molar refractivity (Wildman–Crippen MR) is 86.3 cm³/mol. The van der Waals surface area contributed by atoms with Crippen LogP contribution in [0, 0.1) is 12.3 Å². The van der Waals surface area contributed by atoms with Crippen molar-refractivity contribution in [2.75, 3.05) is 4.90 Å². The summed E-state index contributed by atoms with van der Waals surface area (Å²) in [4.78, 5) is 15.6. The van der Waals surface area contributed by atoms with E-state index >= 15 is 0 Å². The second-order valence-corrected chi connectivity index (χ2v) is 6.37. The van der Waals surface area contributed by atoms with Crippen molar-refractivity contribution in [1.29, 1.82) is 5.41 Å². The smallest absolute Gasteiger partial charge is 0.271 e. The zero-order chi connectivity index (χ0) is 14.1. The molecule has 1 saturated heterocycles. The lowest BCUT2D eigenvalue weighted by Crippen LogP contribution is -2.28. The molecule has 0 saturated carbocycles. The highest BCUT2D eigenvalue weighted by molar-refractivity contribution is 8.19. The maximum atomic E-state index is 12.5. The highest BCUT2D eigenvalue weighted by Crippen LogP contribution is 2.36. The summed E-state index contributed by atoms with van der Waals surface area (Å²) in [6.45, 7) is 1.95. The Kier molecular flexibility index (Phi) is 3.46. The van der Waals surface area contributed by atoms with Crippen LogP contribution in [0.1, 0.15) is 10.4 Å². The topological polar surface area (TPSA) is 44.2 Å². The molecule has 0 atom stereocenters. The fourth-order valence-corrected chi connectivity index (χ4v) is 3.60. The fourth-order valence-electron chi connectivity index (χ4n) is 2.02. The molecule has 100 valence electrons. The maximum absolute atomic E-state index is 12.5. The summed E-state index contributed by atoms with van der Waals surface area (Å²) < 4.78 is 0. The number of thioether (sulfide) groups is 1. The molecular formula is C15H12N2OS2. The Balaban J connectivity index is 1.98. The van der Waals surface area contributed by atoms with Gasteiger partial charge in [0, 0.05) is 4.88 Å². The van der Waals surface area contributed by atoms with Crippen molar-refractivity contribution in [2.24, 2.45) is 0 Å². The first-order chi connectivity index (χ1) is 9.66. The summed E-state index contributed by atoms with van der Waals surface area (Å²) in [5.41, 5.74) is 1.77. The van der Waals surface area contributed by atoms with Gasteiger partial charge >= 0.3 is 0 Å². The molecule has 2 heterocycles. The van der Waals surface area contributed by atoms with Crippen LogP contribution >= 0.6 is 23.1 Å². The number of carbonyl (C=O) groups is 1. The summed E-state index contributed by atoms with van der Waals surface area (Å²) in [5, 5.41) is 10.3. The third kappa shape index (κ3) is 2.30. The number of rotatable bonds is 2. The van der Waals surface area contributed by atoms with E-state index in [0.29, 0.717) is 4.91 Å². The van der Waals surface area contributed by atoms with Gasteiger partial charge in [-0.15, -0.1) is 11.3 Å². The average molecular weight is 300 g/mol. The molecule has 3 rings (SSSR count). The molecular weight excluding hydrogens is 288 g/mol. The molecule has 2 aromatic rings. The van der Waals surface area contributed by atoms with Crippen molar-refractivity contribution in [3.8, 4) is 0 Å². The number of nitrogens with one attached hydrogen (secondary N) is 1. The number of anilines is 1. The van der Waals surface area contributed by atoms with Crippen LogP contribution < -0.4 is 4.90 Å². The summed E-state index contributed by atoms with van der Waals surface area (Å²) in [6.07, 6.45) is 1.85. The Morgan fingerprint density at radius 3 is 2.70 bits per heavy atom. The van der Waals surface area contributed by atoms with Crippen LogP contribution in [0.5, 0.6) is 0 Å². The number of benzene rings is 1. The van der Waals surface area contributed by atoms with E-state index in [9.17, 15) is 4.79 Å². The number of hydrogen-bond donors (Lipinski definition) is 1. The van der Waals surface area contributed by atoms with E-state index in [0.717, 1.165) is 16.1 Å². The van der Waals surface area contributed by atoms with Crippen LogP contribution in [0.25, 0.3) is 6.08 Å². The molecule has 3 nitrogen and oxygen atoms in total. The minimum Gasteiger partial charge on any atom is -0.278 e.